The highest BCUT2D eigenvalue weighted by atomic mass is 32.1. The molecular formula is C24H25FN6OS. The Morgan fingerprint density at radius 1 is 1.12 bits per heavy atom. The molecule has 1 fully saturated rings. The molecule has 7 nitrogen and oxygen atoms in total. The molecule has 0 aliphatic carbocycles. The number of pyridine rings is 2. The van der Waals surface area contributed by atoms with Crippen molar-refractivity contribution in [2.24, 2.45) is 5.92 Å². The van der Waals surface area contributed by atoms with Gasteiger partial charge in [0.1, 0.15) is 16.5 Å². The zero-order valence-electron chi connectivity index (χ0n) is 18.6. The number of aromatic nitrogens is 5. The topological polar surface area (TPSA) is 76.9 Å². The monoisotopic (exact) mass is 464 g/mol. The SMILES string of the molecule is CCc1cnc(N2CCC([C@H](C)Oc3nc4ccc(-c5ccnc(F)c5)nc4s3)CC2)nc1. The van der Waals surface area contributed by atoms with Crippen molar-refractivity contribution in [2.45, 2.75) is 39.2 Å². The number of hydrogen-bond acceptors (Lipinski definition) is 8. The highest BCUT2D eigenvalue weighted by Crippen LogP contribution is 2.32. The van der Waals surface area contributed by atoms with E-state index in [0.717, 1.165) is 54.2 Å². The third kappa shape index (κ3) is 4.78. The van der Waals surface area contributed by atoms with Crippen LogP contribution < -0.4 is 9.64 Å². The molecule has 1 aliphatic rings. The van der Waals surface area contributed by atoms with Crippen molar-refractivity contribution in [1.29, 1.82) is 0 Å². The van der Waals surface area contributed by atoms with Crippen LogP contribution in [0.25, 0.3) is 21.6 Å². The molecule has 0 amide bonds. The summed E-state index contributed by atoms with van der Waals surface area (Å²) in [6.45, 7) is 6.04. The molecule has 5 heterocycles. The lowest BCUT2D eigenvalue weighted by Crippen LogP contribution is -2.39. The summed E-state index contributed by atoms with van der Waals surface area (Å²) in [5, 5.41) is 0.615. The minimum Gasteiger partial charge on any atom is -0.467 e. The van der Waals surface area contributed by atoms with E-state index in [4.69, 9.17) is 4.74 Å². The van der Waals surface area contributed by atoms with Gasteiger partial charge in [0.25, 0.3) is 5.19 Å². The van der Waals surface area contributed by atoms with Crippen molar-refractivity contribution in [3.8, 4) is 16.5 Å². The Morgan fingerprint density at radius 3 is 2.64 bits per heavy atom. The second-order valence-corrected chi connectivity index (χ2v) is 9.20. The lowest BCUT2D eigenvalue weighted by molar-refractivity contribution is 0.132. The third-order valence-electron chi connectivity index (χ3n) is 6.13. The third-order valence-corrected chi connectivity index (χ3v) is 6.99. The maximum absolute atomic E-state index is 13.5. The molecule has 0 aromatic carbocycles. The van der Waals surface area contributed by atoms with Crippen LogP contribution in [0.3, 0.4) is 0 Å². The first-order chi connectivity index (χ1) is 16.1. The molecule has 0 bridgehead atoms. The van der Waals surface area contributed by atoms with Crippen molar-refractivity contribution >= 4 is 27.6 Å². The van der Waals surface area contributed by atoms with E-state index in [-0.39, 0.29) is 6.10 Å². The van der Waals surface area contributed by atoms with E-state index in [0.29, 0.717) is 22.4 Å². The summed E-state index contributed by atoms with van der Waals surface area (Å²) in [7, 11) is 0. The van der Waals surface area contributed by atoms with Gasteiger partial charge in [-0.2, -0.15) is 4.39 Å². The average molecular weight is 465 g/mol. The maximum Gasteiger partial charge on any atom is 0.276 e. The Bertz CT molecular complexity index is 1240. The molecule has 0 N–H and O–H groups in total. The molecule has 1 saturated heterocycles. The molecule has 0 radical (unpaired) electrons. The summed E-state index contributed by atoms with van der Waals surface area (Å²) in [5.74, 6) is 0.722. The molecule has 1 aliphatic heterocycles. The van der Waals surface area contributed by atoms with Crippen molar-refractivity contribution in [3.63, 3.8) is 0 Å². The smallest absolute Gasteiger partial charge is 0.276 e. The highest BCUT2D eigenvalue weighted by molar-refractivity contribution is 7.19. The van der Waals surface area contributed by atoms with E-state index in [9.17, 15) is 4.39 Å². The van der Waals surface area contributed by atoms with Crippen LogP contribution in [0.2, 0.25) is 0 Å². The maximum atomic E-state index is 13.5. The van der Waals surface area contributed by atoms with E-state index in [2.05, 4.69) is 43.7 Å². The van der Waals surface area contributed by atoms with Crippen LogP contribution in [-0.4, -0.2) is 44.1 Å². The van der Waals surface area contributed by atoms with Crippen molar-refractivity contribution < 1.29 is 9.13 Å². The van der Waals surface area contributed by atoms with Gasteiger partial charge in [0.2, 0.25) is 11.9 Å². The van der Waals surface area contributed by atoms with E-state index < -0.39 is 5.95 Å². The van der Waals surface area contributed by atoms with E-state index in [1.807, 2.05) is 24.5 Å². The number of ether oxygens (including phenoxy) is 1. The van der Waals surface area contributed by atoms with Crippen molar-refractivity contribution in [1.82, 2.24) is 24.9 Å². The molecule has 170 valence electrons. The lowest BCUT2D eigenvalue weighted by Gasteiger charge is -2.34. The first kappa shape index (κ1) is 21.6. The zero-order valence-corrected chi connectivity index (χ0v) is 19.4. The number of thiazole rings is 1. The van der Waals surface area contributed by atoms with E-state index in [1.165, 1.54) is 23.6 Å². The largest absolute Gasteiger partial charge is 0.467 e. The number of nitrogens with zero attached hydrogens (tertiary/aromatic N) is 6. The molecule has 0 unspecified atom stereocenters. The standard InChI is InChI=1S/C24H25FN6OS/c1-3-16-13-27-23(28-14-16)31-10-7-17(8-11-31)15(2)32-24-30-20-5-4-19(29-22(20)33-24)18-6-9-26-21(25)12-18/h4-6,9,12-15,17H,3,7-8,10-11H2,1-2H3/t15-/m0/s1. The van der Waals surface area contributed by atoms with Crippen molar-refractivity contribution in [2.75, 3.05) is 18.0 Å². The van der Waals surface area contributed by atoms with Crippen LogP contribution in [-0.2, 0) is 6.42 Å². The Hall–Kier alpha value is -3.20. The summed E-state index contributed by atoms with van der Waals surface area (Å²) >= 11 is 1.42. The molecule has 4 aromatic rings. The molecule has 4 aromatic heterocycles. The second-order valence-electron chi connectivity index (χ2n) is 8.26. The number of hydrogen-bond donors (Lipinski definition) is 0. The molecule has 0 spiro atoms. The van der Waals surface area contributed by atoms with Crippen LogP contribution in [0, 0.1) is 11.9 Å². The molecule has 33 heavy (non-hydrogen) atoms. The predicted octanol–water partition coefficient (Wildman–Crippen LogP) is 4.93. The first-order valence-electron chi connectivity index (χ1n) is 11.2. The quantitative estimate of drug-likeness (QED) is 0.375. The Morgan fingerprint density at radius 2 is 1.91 bits per heavy atom. The van der Waals surface area contributed by atoms with Crippen molar-refractivity contribution in [3.05, 3.63) is 54.4 Å². The van der Waals surface area contributed by atoms with Gasteiger partial charge >= 0.3 is 0 Å². The molecule has 0 saturated carbocycles. The number of rotatable bonds is 6. The van der Waals surface area contributed by atoms with Gasteiger partial charge in [-0.3, -0.25) is 0 Å². The first-order valence-corrected chi connectivity index (χ1v) is 12.0. The van der Waals surface area contributed by atoms with E-state index in [1.54, 1.807) is 6.07 Å². The average Bonchev–Trinajstić information content (AvgIpc) is 3.25. The number of aryl methyl sites for hydroxylation is 1. The van der Waals surface area contributed by atoms with Gasteiger partial charge in [0, 0.05) is 43.3 Å². The fourth-order valence-corrected chi connectivity index (χ4v) is 4.96. The Balaban J connectivity index is 1.22. The highest BCUT2D eigenvalue weighted by Gasteiger charge is 2.27. The summed E-state index contributed by atoms with van der Waals surface area (Å²) in [5.41, 5.74) is 3.31. The summed E-state index contributed by atoms with van der Waals surface area (Å²) in [6, 6.07) is 6.86. The number of halogens is 1. The Labute approximate surface area is 195 Å². The van der Waals surface area contributed by atoms with Gasteiger partial charge in [-0.1, -0.05) is 18.3 Å². The minimum atomic E-state index is -0.521. The lowest BCUT2D eigenvalue weighted by atomic mass is 9.92. The number of anilines is 1. The molecule has 1 atom stereocenters. The minimum absolute atomic E-state index is 0.0462. The van der Waals surface area contributed by atoms with Crippen LogP contribution in [0.5, 0.6) is 5.19 Å². The zero-order chi connectivity index (χ0) is 22.8. The number of fused-ring (bicyclic) bond motifs is 1. The number of piperidine rings is 1. The van der Waals surface area contributed by atoms with Crippen LogP contribution in [0.1, 0.15) is 32.3 Å². The normalized spacial score (nSPS) is 15.7. The fourth-order valence-electron chi connectivity index (χ4n) is 4.09. The van der Waals surface area contributed by atoms with Gasteiger partial charge in [0.15, 0.2) is 0 Å². The summed E-state index contributed by atoms with van der Waals surface area (Å²) in [6.07, 6.45) is 8.29. The van der Waals surface area contributed by atoms with Gasteiger partial charge in [-0.05, 0) is 55.9 Å². The summed E-state index contributed by atoms with van der Waals surface area (Å²) in [4.78, 5) is 24.9. The molecule has 5 rings (SSSR count). The van der Waals surface area contributed by atoms with Gasteiger partial charge in [-0.25, -0.2) is 24.9 Å². The predicted molar refractivity (Wildman–Crippen MR) is 127 cm³/mol. The molecular weight excluding hydrogens is 439 g/mol. The van der Waals surface area contributed by atoms with Gasteiger partial charge in [0.05, 0.1) is 5.69 Å². The van der Waals surface area contributed by atoms with Gasteiger partial charge < -0.3 is 9.64 Å². The Kier molecular flexibility index (Phi) is 6.13. The van der Waals surface area contributed by atoms with Crippen LogP contribution in [0.15, 0.2) is 42.9 Å². The fraction of sp³-hybridized carbons (Fsp3) is 0.375. The van der Waals surface area contributed by atoms with E-state index >= 15 is 0 Å². The molecule has 9 heteroatoms. The summed E-state index contributed by atoms with van der Waals surface area (Å²) < 4.78 is 19.7. The second kappa shape index (κ2) is 9.35. The van der Waals surface area contributed by atoms with Crippen LogP contribution in [0.4, 0.5) is 10.3 Å². The van der Waals surface area contributed by atoms with Crippen LogP contribution >= 0.6 is 11.3 Å². The van der Waals surface area contributed by atoms with Gasteiger partial charge in [-0.15, -0.1) is 0 Å².